The number of methoxy groups -OCH3 is 1. The van der Waals surface area contributed by atoms with Crippen molar-refractivity contribution in [2.75, 3.05) is 45.2 Å². The Morgan fingerprint density at radius 3 is 2.68 bits per heavy atom. The number of hydrogen-bond donors (Lipinski definition) is 1. The number of anilines is 1. The SMILES string of the molecule is CN=C(NCc1ncc(C)s1)N1CCN(c2ccccc2OC)CC1. The zero-order valence-corrected chi connectivity index (χ0v) is 15.8. The summed E-state index contributed by atoms with van der Waals surface area (Å²) >= 11 is 1.72. The van der Waals surface area contributed by atoms with Crippen molar-refractivity contribution in [3.05, 3.63) is 40.3 Å². The number of aromatic nitrogens is 1. The summed E-state index contributed by atoms with van der Waals surface area (Å²) in [6.07, 6.45) is 1.91. The lowest BCUT2D eigenvalue weighted by atomic mass is 10.2. The van der Waals surface area contributed by atoms with Gasteiger partial charge in [-0.05, 0) is 19.1 Å². The van der Waals surface area contributed by atoms with Crippen LogP contribution in [0.1, 0.15) is 9.88 Å². The van der Waals surface area contributed by atoms with Crippen LogP contribution in [0.2, 0.25) is 0 Å². The number of nitrogens with one attached hydrogen (secondary N) is 1. The smallest absolute Gasteiger partial charge is 0.194 e. The largest absolute Gasteiger partial charge is 0.495 e. The Kier molecular flexibility index (Phi) is 5.75. The maximum Gasteiger partial charge on any atom is 0.194 e. The number of ether oxygens (including phenoxy) is 1. The van der Waals surface area contributed by atoms with E-state index in [1.54, 1.807) is 18.4 Å². The van der Waals surface area contributed by atoms with E-state index in [2.05, 4.69) is 44.1 Å². The number of aryl methyl sites for hydroxylation is 1. The maximum atomic E-state index is 5.49. The fourth-order valence-electron chi connectivity index (χ4n) is 3.02. The Morgan fingerprint density at radius 1 is 1.28 bits per heavy atom. The van der Waals surface area contributed by atoms with E-state index in [0.717, 1.165) is 55.1 Å². The number of aliphatic imine (C=N–C) groups is 1. The van der Waals surface area contributed by atoms with Crippen LogP contribution in [0, 0.1) is 6.92 Å². The van der Waals surface area contributed by atoms with Gasteiger partial charge in [-0.1, -0.05) is 12.1 Å². The average Bonchev–Trinajstić information content (AvgIpc) is 3.08. The molecule has 1 saturated heterocycles. The van der Waals surface area contributed by atoms with Crippen LogP contribution in [0.3, 0.4) is 0 Å². The molecule has 2 aromatic rings. The van der Waals surface area contributed by atoms with Gasteiger partial charge in [-0.15, -0.1) is 11.3 Å². The van der Waals surface area contributed by atoms with Gasteiger partial charge in [0.25, 0.3) is 0 Å². The molecule has 0 bridgehead atoms. The van der Waals surface area contributed by atoms with E-state index in [0.29, 0.717) is 0 Å². The van der Waals surface area contributed by atoms with Crippen LogP contribution in [-0.4, -0.2) is 56.2 Å². The molecule has 3 rings (SSSR count). The van der Waals surface area contributed by atoms with Gasteiger partial charge in [-0.25, -0.2) is 4.98 Å². The van der Waals surface area contributed by atoms with Crippen molar-refractivity contribution >= 4 is 23.0 Å². The second-order valence-corrected chi connectivity index (χ2v) is 7.23. The third-order valence-electron chi connectivity index (χ3n) is 4.28. The van der Waals surface area contributed by atoms with Gasteiger partial charge in [0.1, 0.15) is 10.8 Å². The number of nitrogens with zero attached hydrogens (tertiary/aromatic N) is 4. The summed E-state index contributed by atoms with van der Waals surface area (Å²) < 4.78 is 5.49. The number of rotatable bonds is 4. The molecular weight excluding hydrogens is 334 g/mol. The van der Waals surface area contributed by atoms with Crippen molar-refractivity contribution in [1.82, 2.24) is 15.2 Å². The van der Waals surface area contributed by atoms with Crippen LogP contribution in [0.15, 0.2) is 35.5 Å². The molecule has 1 aliphatic heterocycles. The summed E-state index contributed by atoms with van der Waals surface area (Å²) in [4.78, 5) is 14.7. The first-order valence-electron chi connectivity index (χ1n) is 8.46. The van der Waals surface area contributed by atoms with Gasteiger partial charge in [-0.3, -0.25) is 4.99 Å². The molecule has 0 radical (unpaired) electrons. The molecule has 1 N–H and O–H groups in total. The molecule has 0 amide bonds. The fourth-order valence-corrected chi connectivity index (χ4v) is 3.75. The molecule has 1 fully saturated rings. The highest BCUT2D eigenvalue weighted by molar-refractivity contribution is 7.11. The normalized spacial score (nSPS) is 15.4. The van der Waals surface area contributed by atoms with Crippen molar-refractivity contribution in [2.24, 2.45) is 4.99 Å². The van der Waals surface area contributed by atoms with Gasteiger partial charge in [0.05, 0.1) is 19.3 Å². The first kappa shape index (κ1) is 17.5. The highest BCUT2D eigenvalue weighted by Crippen LogP contribution is 2.28. The van der Waals surface area contributed by atoms with Crippen LogP contribution in [0.25, 0.3) is 0 Å². The summed E-state index contributed by atoms with van der Waals surface area (Å²) in [5.41, 5.74) is 1.16. The summed E-state index contributed by atoms with van der Waals surface area (Å²) in [6.45, 7) is 6.53. The Balaban J connectivity index is 1.57. The molecule has 2 heterocycles. The van der Waals surface area contributed by atoms with Crippen LogP contribution in [-0.2, 0) is 6.54 Å². The molecule has 0 unspecified atom stereocenters. The van der Waals surface area contributed by atoms with Gasteiger partial charge < -0.3 is 19.9 Å². The summed E-state index contributed by atoms with van der Waals surface area (Å²) in [7, 11) is 3.56. The van der Waals surface area contributed by atoms with Crippen LogP contribution < -0.4 is 15.0 Å². The first-order chi connectivity index (χ1) is 12.2. The molecule has 25 heavy (non-hydrogen) atoms. The topological polar surface area (TPSA) is 53.0 Å². The predicted octanol–water partition coefficient (Wildman–Crippen LogP) is 2.36. The Morgan fingerprint density at radius 2 is 2.04 bits per heavy atom. The molecule has 1 aliphatic rings. The molecule has 0 aliphatic carbocycles. The minimum absolute atomic E-state index is 0.720. The van der Waals surface area contributed by atoms with Gasteiger partial charge in [0, 0.05) is 44.3 Å². The van der Waals surface area contributed by atoms with E-state index in [9.17, 15) is 0 Å². The van der Waals surface area contributed by atoms with Gasteiger partial charge in [0.15, 0.2) is 5.96 Å². The van der Waals surface area contributed by atoms with Crippen molar-refractivity contribution in [2.45, 2.75) is 13.5 Å². The van der Waals surface area contributed by atoms with E-state index in [-0.39, 0.29) is 0 Å². The molecule has 134 valence electrons. The van der Waals surface area contributed by atoms with Crippen LogP contribution in [0.4, 0.5) is 5.69 Å². The summed E-state index contributed by atoms with van der Waals surface area (Å²) in [6, 6.07) is 8.19. The number of thiazole rings is 1. The third kappa shape index (κ3) is 4.22. The maximum absolute atomic E-state index is 5.49. The van der Waals surface area contributed by atoms with Gasteiger partial charge in [0.2, 0.25) is 0 Å². The van der Waals surface area contributed by atoms with E-state index in [1.807, 2.05) is 25.4 Å². The highest BCUT2D eigenvalue weighted by atomic mass is 32.1. The van der Waals surface area contributed by atoms with Crippen molar-refractivity contribution in [3.63, 3.8) is 0 Å². The Hall–Kier alpha value is -2.28. The number of hydrogen-bond acceptors (Lipinski definition) is 5. The number of para-hydroxylation sites is 2. The van der Waals surface area contributed by atoms with Crippen molar-refractivity contribution in [3.8, 4) is 5.75 Å². The average molecular weight is 359 g/mol. The van der Waals surface area contributed by atoms with Gasteiger partial charge >= 0.3 is 0 Å². The lowest BCUT2D eigenvalue weighted by Gasteiger charge is -2.38. The quantitative estimate of drug-likeness (QED) is 0.671. The van der Waals surface area contributed by atoms with Crippen molar-refractivity contribution in [1.29, 1.82) is 0 Å². The molecule has 6 nitrogen and oxygen atoms in total. The third-order valence-corrected chi connectivity index (χ3v) is 5.20. The lowest BCUT2D eigenvalue weighted by molar-refractivity contribution is 0.367. The number of piperazine rings is 1. The Bertz CT molecular complexity index is 722. The summed E-state index contributed by atoms with van der Waals surface area (Å²) in [5.74, 6) is 1.87. The second kappa shape index (κ2) is 8.20. The highest BCUT2D eigenvalue weighted by Gasteiger charge is 2.21. The van der Waals surface area contributed by atoms with Gasteiger partial charge in [-0.2, -0.15) is 0 Å². The molecule has 0 saturated carbocycles. The van der Waals surface area contributed by atoms with Crippen molar-refractivity contribution < 1.29 is 4.74 Å². The summed E-state index contributed by atoms with van der Waals surface area (Å²) in [5, 5.41) is 4.52. The Labute approximate surface area is 153 Å². The van der Waals surface area contributed by atoms with Crippen LogP contribution in [0.5, 0.6) is 5.75 Å². The standard InChI is InChI=1S/C18H25N5OS/c1-14-12-20-17(25-14)13-21-18(19-2)23-10-8-22(9-11-23)15-6-4-5-7-16(15)24-3/h4-7,12H,8-11,13H2,1-3H3,(H,19,21). The fraction of sp³-hybridized carbons (Fsp3) is 0.444. The minimum Gasteiger partial charge on any atom is -0.495 e. The zero-order valence-electron chi connectivity index (χ0n) is 15.0. The monoisotopic (exact) mass is 359 g/mol. The predicted molar refractivity (Wildman–Crippen MR) is 104 cm³/mol. The first-order valence-corrected chi connectivity index (χ1v) is 9.28. The van der Waals surface area contributed by atoms with E-state index < -0.39 is 0 Å². The zero-order chi connectivity index (χ0) is 17.6. The van der Waals surface area contributed by atoms with E-state index in [4.69, 9.17) is 4.74 Å². The molecule has 0 atom stereocenters. The van der Waals surface area contributed by atoms with Crippen LogP contribution >= 0.6 is 11.3 Å². The molecule has 0 spiro atoms. The molecule has 1 aromatic carbocycles. The lowest BCUT2D eigenvalue weighted by Crippen LogP contribution is -2.52. The van der Waals surface area contributed by atoms with E-state index >= 15 is 0 Å². The second-order valence-electron chi connectivity index (χ2n) is 5.91. The minimum atomic E-state index is 0.720. The molecule has 7 heteroatoms. The molecular formula is C18H25N5OS. The van der Waals surface area contributed by atoms with E-state index in [1.165, 1.54) is 4.88 Å². The number of benzene rings is 1. The molecule has 1 aromatic heterocycles. The number of guanidine groups is 1.